The zero-order chi connectivity index (χ0) is 53.9. The Hall–Kier alpha value is -8.56. The molecule has 3 aromatic carbocycles. The largest absolute Gasteiger partial charge is 0.497 e. The first-order valence-corrected chi connectivity index (χ1v) is 23.2. The van der Waals surface area contributed by atoms with Crippen molar-refractivity contribution in [2.24, 2.45) is 5.73 Å². The predicted molar refractivity (Wildman–Crippen MR) is 271 cm³/mol. The summed E-state index contributed by atoms with van der Waals surface area (Å²) in [7, 11) is 8.13. The molecular formula is C54H50F6N12O3. The van der Waals surface area contributed by atoms with E-state index in [-0.39, 0.29) is 35.5 Å². The van der Waals surface area contributed by atoms with E-state index >= 15 is 0 Å². The van der Waals surface area contributed by atoms with Crippen LogP contribution in [0.15, 0.2) is 134 Å². The number of nitrogens with zero attached hydrogens (tertiary/aromatic N) is 10. The normalized spacial score (nSPS) is 12.5. The summed E-state index contributed by atoms with van der Waals surface area (Å²) in [6.07, 6.45) is -6.30. The van der Waals surface area contributed by atoms with Gasteiger partial charge in [-0.1, -0.05) is 36.4 Å². The molecule has 0 radical (unpaired) electrons. The van der Waals surface area contributed by atoms with E-state index in [1.807, 2.05) is 62.4 Å². The summed E-state index contributed by atoms with van der Waals surface area (Å²) in [5.74, 6) is 0.206. The van der Waals surface area contributed by atoms with Crippen molar-refractivity contribution < 1.29 is 40.7 Å². The van der Waals surface area contributed by atoms with Gasteiger partial charge >= 0.3 is 12.4 Å². The highest BCUT2D eigenvalue weighted by molar-refractivity contribution is 6.09. The molecule has 0 saturated heterocycles. The number of nitrogens with two attached hydrogens (primary N) is 1. The lowest BCUT2D eigenvalue weighted by molar-refractivity contribution is -0.141. The van der Waals surface area contributed by atoms with E-state index in [2.05, 4.69) is 30.5 Å². The molecule has 9 aromatic rings. The van der Waals surface area contributed by atoms with Gasteiger partial charge in [-0.3, -0.25) is 19.6 Å². The summed E-state index contributed by atoms with van der Waals surface area (Å²) in [4.78, 5) is 46.0. The van der Waals surface area contributed by atoms with E-state index in [1.165, 1.54) is 55.8 Å². The lowest BCUT2D eigenvalue weighted by Crippen LogP contribution is -2.22. The van der Waals surface area contributed by atoms with Gasteiger partial charge in [0.2, 0.25) is 0 Å². The number of methoxy groups -OCH3 is 1. The van der Waals surface area contributed by atoms with E-state index in [4.69, 9.17) is 15.5 Å². The second-order valence-corrected chi connectivity index (χ2v) is 17.8. The number of fused-ring (bicyclic) bond motifs is 2. The lowest BCUT2D eigenvalue weighted by atomic mass is 10.0. The van der Waals surface area contributed by atoms with Gasteiger partial charge in [0.25, 0.3) is 11.8 Å². The standard InChI is InChI=1S/C31H29F3N6O2.C23H21F3N6O/c1-19(35-17-20-11-13-22(42-4)14-12-20)25-7-5-8-26(37-25)21-15-23(30(41)39(2)3)24-18-36-40(27(24)16-21)29-10-6-9-28(38-29)31(32,33)34;1-13(27)17-6-4-7-18(29-17)14-10-15(22(33)31(2)3)16-12-28-32(19(16)11-14)21-9-5-8-20(30-21)23(24,25)26/h5-16,18-19,35H,17H2,1-4H3;4-13H,27H2,1-3H3. The van der Waals surface area contributed by atoms with Crippen molar-refractivity contribution >= 4 is 33.6 Å². The second kappa shape index (κ2) is 21.5. The van der Waals surface area contributed by atoms with Gasteiger partial charge in [0.15, 0.2) is 11.6 Å². The molecular weight excluding hydrogens is 979 g/mol. The van der Waals surface area contributed by atoms with E-state index < -0.39 is 23.7 Å². The number of hydrogen-bond donors (Lipinski definition) is 2. The average Bonchev–Trinajstić information content (AvgIpc) is 4.04. The van der Waals surface area contributed by atoms with Crippen LogP contribution in [0.2, 0.25) is 0 Å². The Kier molecular flexibility index (Phi) is 15.1. The molecule has 386 valence electrons. The van der Waals surface area contributed by atoms with E-state index in [0.29, 0.717) is 67.7 Å². The number of nitrogens with one attached hydrogen (secondary N) is 1. The molecule has 0 aliphatic carbocycles. The zero-order valence-corrected chi connectivity index (χ0v) is 41.6. The molecule has 9 rings (SSSR count). The van der Waals surface area contributed by atoms with Crippen LogP contribution in [0.5, 0.6) is 5.75 Å². The van der Waals surface area contributed by atoms with Crippen molar-refractivity contribution in [3.63, 3.8) is 0 Å². The van der Waals surface area contributed by atoms with Gasteiger partial charge in [0, 0.05) is 68.7 Å². The fourth-order valence-corrected chi connectivity index (χ4v) is 7.99. The Balaban J connectivity index is 0.000000205. The molecule has 75 heavy (non-hydrogen) atoms. The maximum absolute atomic E-state index is 13.4. The van der Waals surface area contributed by atoms with E-state index in [9.17, 15) is 35.9 Å². The summed E-state index contributed by atoms with van der Waals surface area (Å²) in [6, 6.07) is 32.5. The molecule has 0 fully saturated rings. The Morgan fingerprint density at radius 3 is 1.48 bits per heavy atom. The minimum absolute atomic E-state index is 0.0155. The van der Waals surface area contributed by atoms with Gasteiger partial charge in [-0.2, -0.15) is 36.5 Å². The Bertz CT molecular complexity index is 3540. The minimum atomic E-state index is -4.61. The van der Waals surface area contributed by atoms with Crippen molar-refractivity contribution in [1.29, 1.82) is 0 Å². The molecule has 2 unspecified atom stereocenters. The third kappa shape index (κ3) is 11.6. The highest BCUT2D eigenvalue weighted by atomic mass is 19.4. The molecule has 0 saturated carbocycles. The second-order valence-electron chi connectivity index (χ2n) is 17.8. The summed E-state index contributed by atoms with van der Waals surface area (Å²) >= 11 is 0. The number of carbonyl (C=O) groups is 2. The van der Waals surface area contributed by atoms with Gasteiger partial charge in [0.1, 0.15) is 17.1 Å². The average molecular weight is 1030 g/mol. The highest BCUT2D eigenvalue weighted by Gasteiger charge is 2.34. The molecule has 6 heterocycles. The first-order chi connectivity index (χ1) is 35.6. The fourth-order valence-electron chi connectivity index (χ4n) is 7.99. The SMILES string of the molecule is CC(N)c1cccc(-c2cc(C(=O)N(C)C)c3cnn(-c4cccc(C(F)(F)F)n4)c3c2)n1.COc1ccc(CNC(C)c2cccc(-c3cc(C(=O)N(C)C)c4cnn(-c5cccc(C(F)(F)F)n5)c4c3)n2)cc1. The summed E-state index contributed by atoms with van der Waals surface area (Å²) in [6.45, 7) is 4.44. The third-order valence-corrected chi connectivity index (χ3v) is 11.9. The van der Waals surface area contributed by atoms with E-state index in [1.54, 1.807) is 71.7 Å². The molecule has 3 N–H and O–H groups in total. The number of ether oxygens (including phenoxy) is 1. The number of pyridine rings is 4. The van der Waals surface area contributed by atoms with Crippen LogP contribution in [0, 0.1) is 0 Å². The molecule has 21 heteroatoms. The Morgan fingerprint density at radius 2 is 1.05 bits per heavy atom. The van der Waals surface area contributed by atoms with Crippen LogP contribution in [0.25, 0.3) is 56.0 Å². The minimum Gasteiger partial charge on any atom is -0.497 e. The third-order valence-electron chi connectivity index (χ3n) is 11.9. The van der Waals surface area contributed by atoms with Crippen LogP contribution in [0.1, 0.15) is 75.0 Å². The van der Waals surface area contributed by atoms with E-state index in [0.717, 1.165) is 29.1 Å². The molecule has 0 aliphatic heterocycles. The number of halogens is 6. The molecule has 2 atom stereocenters. The number of amides is 2. The first kappa shape index (κ1) is 52.8. The Labute approximate surface area is 426 Å². The Morgan fingerprint density at radius 1 is 0.613 bits per heavy atom. The number of rotatable bonds is 12. The van der Waals surface area contributed by atoms with Gasteiger partial charge in [-0.25, -0.2) is 19.3 Å². The molecule has 0 aliphatic rings. The number of hydrogen-bond acceptors (Lipinski definition) is 11. The van der Waals surface area contributed by atoms with Gasteiger partial charge in [0.05, 0.1) is 64.4 Å². The van der Waals surface area contributed by atoms with Crippen molar-refractivity contribution in [3.8, 4) is 39.9 Å². The van der Waals surface area contributed by atoms with Gasteiger partial charge in [-0.15, -0.1) is 0 Å². The maximum atomic E-state index is 13.4. The van der Waals surface area contributed by atoms with Crippen molar-refractivity contribution in [1.82, 2.24) is 54.6 Å². The van der Waals surface area contributed by atoms with Crippen LogP contribution in [-0.4, -0.2) is 96.4 Å². The number of benzene rings is 3. The number of alkyl halides is 6. The van der Waals surface area contributed by atoms with Gasteiger partial charge < -0.3 is 25.6 Å². The molecule has 0 spiro atoms. The number of carbonyl (C=O) groups excluding carboxylic acids is 2. The van der Waals surface area contributed by atoms with Crippen LogP contribution >= 0.6 is 0 Å². The van der Waals surface area contributed by atoms with Crippen LogP contribution in [-0.2, 0) is 18.9 Å². The quantitative estimate of drug-likeness (QED) is 0.111. The first-order valence-electron chi connectivity index (χ1n) is 23.2. The zero-order valence-electron chi connectivity index (χ0n) is 41.6. The molecule has 2 amide bonds. The van der Waals surface area contributed by atoms with Crippen molar-refractivity contribution in [2.75, 3.05) is 35.3 Å². The number of aromatic nitrogens is 8. The fraction of sp³-hybridized carbons (Fsp3) is 0.222. The van der Waals surface area contributed by atoms with Crippen molar-refractivity contribution in [3.05, 3.63) is 173 Å². The highest BCUT2D eigenvalue weighted by Crippen LogP contribution is 2.34. The molecule has 0 bridgehead atoms. The smallest absolute Gasteiger partial charge is 0.433 e. The molecule has 15 nitrogen and oxygen atoms in total. The predicted octanol–water partition coefficient (Wildman–Crippen LogP) is 10.3. The lowest BCUT2D eigenvalue weighted by Gasteiger charge is -2.16. The topological polar surface area (TPSA) is 175 Å². The van der Waals surface area contributed by atoms with Gasteiger partial charge in [-0.05, 0) is 104 Å². The summed E-state index contributed by atoms with van der Waals surface area (Å²) in [5, 5.41) is 13.0. The maximum Gasteiger partial charge on any atom is 0.433 e. The summed E-state index contributed by atoms with van der Waals surface area (Å²) in [5.41, 5.74) is 10.4. The van der Waals surface area contributed by atoms with Crippen LogP contribution in [0.3, 0.4) is 0 Å². The van der Waals surface area contributed by atoms with Crippen LogP contribution < -0.4 is 15.8 Å². The van der Waals surface area contributed by atoms with Crippen molar-refractivity contribution in [2.45, 2.75) is 44.8 Å². The molecule has 6 aromatic heterocycles. The summed E-state index contributed by atoms with van der Waals surface area (Å²) < 4.78 is 87.6. The van der Waals surface area contributed by atoms with Crippen LogP contribution in [0.4, 0.5) is 26.3 Å². The monoisotopic (exact) mass is 1030 g/mol.